The summed E-state index contributed by atoms with van der Waals surface area (Å²) >= 11 is 0. The van der Waals surface area contributed by atoms with Gasteiger partial charge in [0, 0.05) is 11.8 Å². The van der Waals surface area contributed by atoms with Crippen LogP contribution in [-0.4, -0.2) is 22.2 Å². The molecule has 0 radical (unpaired) electrons. The molecule has 0 bridgehead atoms. The Labute approximate surface area is 114 Å². The van der Waals surface area contributed by atoms with Crippen molar-refractivity contribution in [3.63, 3.8) is 0 Å². The average Bonchev–Trinajstić information content (AvgIpc) is 2.97. The Balaban J connectivity index is 2.02. The van der Waals surface area contributed by atoms with E-state index in [9.17, 15) is 4.79 Å². The lowest BCUT2D eigenvalue weighted by Gasteiger charge is -1.99. The first kappa shape index (κ1) is 12.2. The van der Waals surface area contributed by atoms with E-state index < -0.39 is 0 Å². The lowest BCUT2D eigenvalue weighted by Crippen LogP contribution is -2.06. The van der Waals surface area contributed by atoms with Crippen molar-refractivity contribution in [2.75, 3.05) is 7.11 Å². The standard InChI is InChI=1S/C14H11N3O3/c1-19-10-5-2-4-9(8-10)12-16-14(20-17-12)11-6-3-7-15-13(11)18/h2-8H,1H3,(H,15,18). The molecule has 0 aliphatic heterocycles. The molecule has 0 spiro atoms. The first-order valence-electron chi connectivity index (χ1n) is 5.94. The Morgan fingerprint density at radius 3 is 2.95 bits per heavy atom. The van der Waals surface area contributed by atoms with Gasteiger partial charge < -0.3 is 14.2 Å². The fraction of sp³-hybridized carbons (Fsp3) is 0.0714. The largest absolute Gasteiger partial charge is 0.497 e. The lowest BCUT2D eigenvalue weighted by atomic mass is 10.2. The monoisotopic (exact) mass is 269 g/mol. The van der Waals surface area contributed by atoms with Crippen LogP contribution < -0.4 is 10.3 Å². The second kappa shape index (κ2) is 5.00. The van der Waals surface area contributed by atoms with E-state index in [0.717, 1.165) is 5.56 Å². The zero-order valence-electron chi connectivity index (χ0n) is 10.7. The van der Waals surface area contributed by atoms with Gasteiger partial charge >= 0.3 is 0 Å². The number of H-pyrrole nitrogens is 1. The number of aromatic amines is 1. The van der Waals surface area contributed by atoms with Crippen LogP contribution in [0.15, 0.2) is 51.9 Å². The number of benzene rings is 1. The first-order valence-corrected chi connectivity index (χ1v) is 5.94. The first-order chi connectivity index (χ1) is 9.78. The molecule has 0 unspecified atom stereocenters. The highest BCUT2D eigenvalue weighted by molar-refractivity contribution is 5.60. The van der Waals surface area contributed by atoms with E-state index >= 15 is 0 Å². The Hall–Kier alpha value is -2.89. The average molecular weight is 269 g/mol. The highest BCUT2D eigenvalue weighted by Gasteiger charge is 2.13. The Morgan fingerprint density at radius 1 is 1.25 bits per heavy atom. The van der Waals surface area contributed by atoms with Gasteiger partial charge in [-0.2, -0.15) is 4.98 Å². The van der Waals surface area contributed by atoms with Crippen LogP contribution in [0.2, 0.25) is 0 Å². The summed E-state index contributed by atoms with van der Waals surface area (Å²) in [6, 6.07) is 10.6. The number of pyridine rings is 1. The van der Waals surface area contributed by atoms with Crippen molar-refractivity contribution in [3.8, 4) is 28.6 Å². The van der Waals surface area contributed by atoms with Crippen LogP contribution in [0.4, 0.5) is 0 Å². The normalized spacial score (nSPS) is 10.4. The summed E-state index contributed by atoms with van der Waals surface area (Å²) in [7, 11) is 1.59. The molecule has 3 aromatic rings. The third-order valence-corrected chi connectivity index (χ3v) is 2.80. The molecule has 6 nitrogen and oxygen atoms in total. The number of rotatable bonds is 3. The highest BCUT2D eigenvalue weighted by atomic mass is 16.5. The highest BCUT2D eigenvalue weighted by Crippen LogP contribution is 2.23. The zero-order valence-corrected chi connectivity index (χ0v) is 10.7. The fourth-order valence-electron chi connectivity index (χ4n) is 1.80. The molecule has 1 aromatic carbocycles. The predicted octanol–water partition coefficient (Wildman–Crippen LogP) is 2.10. The van der Waals surface area contributed by atoms with Gasteiger partial charge in [-0.1, -0.05) is 17.3 Å². The third-order valence-electron chi connectivity index (χ3n) is 2.80. The maximum absolute atomic E-state index is 11.7. The van der Waals surface area contributed by atoms with Crippen molar-refractivity contribution >= 4 is 0 Å². The molecular weight excluding hydrogens is 258 g/mol. The molecule has 100 valence electrons. The summed E-state index contributed by atoms with van der Waals surface area (Å²) in [6.45, 7) is 0. The van der Waals surface area contributed by atoms with Crippen molar-refractivity contribution in [2.45, 2.75) is 0 Å². The zero-order chi connectivity index (χ0) is 13.9. The molecule has 2 heterocycles. The summed E-state index contributed by atoms with van der Waals surface area (Å²) in [6.07, 6.45) is 1.55. The molecule has 0 aliphatic carbocycles. The number of ether oxygens (including phenoxy) is 1. The SMILES string of the molecule is COc1cccc(-c2noc(-c3ccc[nH]c3=O)n2)c1. The molecule has 20 heavy (non-hydrogen) atoms. The van der Waals surface area contributed by atoms with Gasteiger partial charge in [-0.05, 0) is 24.3 Å². The Kier molecular flexibility index (Phi) is 3.04. The summed E-state index contributed by atoms with van der Waals surface area (Å²) < 4.78 is 10.3. The van der Waals surface area contributed by atoms with Crippen LogP contribution in [-0.2, 0) is 0 Å². The molecular formula is C14H11N3O3. The van der Waals surface area contributed by atoms with Crippen LogP contribution in [0.3, 0.4) is 0 Å². The third kappa shape index (κ3) is 2.18. The van der Waals surface area contributed by atoms with Gasteiger partial charge in [0.05, 0.1) is 7.11 Å². The summed E-state index contributed by atoms with van der Waals surface area (Å²) in [4.78, 5) is 18.5. The van der Waals surface area contributed by atoms with Crippen LogP contribution in [0.5, 0.6) is 5.75 Å². The molecule has 2 aromatic heterocycles. The number of nitrogens with one attached hydrogen (secondary N) is 1. The van der Waals surface area contributed by atoms with E-state index in [2.05, 4.69) is 15.1 Å². The van der Waals surface area contributed by atoms with E-state index in [1.165, 1.54) is 0 Å². The molecule has 6 heteroatoms. The Bertz CT molecular complexity index is 792. The van der Waals surface area contributed by atoms with Crippen molar-refractivity contribution in [1.82, 2.24) is 15.1 Å². The quantitative estimate of drug-likeness (QED) is 0.787. The van der Waals surface area contributed by atoms with Crippen molar-refractivity contribution in [3.05, 3.63) is 52.9 Å². The minimum atomic E-state index is -0.270. The maximum Gasteiger partial charge on any atom is 0.263 e. The van der Waals surface area contributed by atoms with Gasteiger partial charge in [-0.15, -0.1) is 0 Å². The number of methoxy groups -OCH3 is 1. The van der Waals surface area contributed by atoms with E-state index in [0.29, 0.717) is 17.1 Å². The van der Waals surface area contributed by atoms with Crippen LogP contribution in [0.25, 0.3) is 22.8 Å². The summed E-state index contributed by atoms with van der Waals surface area (Å²) in [5.74, 6) is 1.29. The Morgan fingerprint density at radius 2 is 2.15 bits per heavy atom. The van der Waals surface area contributed by atoms with Gasteiger partial charge in [-0.3, -0.25) is 4.79 Å². The van der Waals surface area contributed by atoms with Crippen molar-refractivity contribution < 1.29 is 9.26 Å². The smallest absolute Gasteiger partial charge is 0.263 e. The molecule has 0 atom stereocenters. The summed E-state index contributed by atoms with van der Waals surface area (Å²) in [5, 5.41) is 3.88. The number of hydrogen-bond acceptors (Lipinski definition) is 5. The second-order valence-corrected chi connectivity index (χ2v) is 4.07. The van der Waals surface area contributed by atoms with Crippen LogP contribution in [0.1, 0.15) is 0 Å². The minimum absolute atomic E-state index is 0.185. The molecule has 0 fully saturated rings. The molecule has 0 saturated carbocycles. The second-order valence-electron chi connectivity index (χ2n) is 4.07. The molecule has 1 N–H and O–H groups in total. The predicted molar refractivity (Wildman–Crippen MR) is 72.3 cm³/mol. The number of hydrogen-bond donors (Lipinski definition) is 1. The van der Waals surface area contributed by atoms with Gasteiger partial charge in [0.2, 0.25) is 5.82 Å². The van der Waals surface area contributed by atoms with Crippen LogP contribution >= 0.6 is 0 Å². The molecule has 0 aliphatic rings. The fourth-order valence-corrected chi connectivity index (χ4v) is 1.80. The van der Waals surface area contributed by atoms with E-state index in [1.54, 1.807) is 31.5 Å². The molecule has 0 saturated heterocycles. The van der Waals surface area contributed by atoms with Crippen molar-refractivity contribution in [2.24, 2.45) is 0 Å². The maximum atomic E-state index is 11.7. The van der Waals surface area contributed by atoms with Crippen LogP contribution in [0, 0.1) is 0 Å². The molecule has 3 rings (SSSR count). The van der Waals surface area contributed by atoms with Gasteiger partial charge in [-0.25, -0.2) is 0 Å². The lowest BCUT2D eigenvalue weighted by molar-refractivity contribution is 0.414. The van der Waals surface area contributed by atoms with Gasteiger partial charge in [0.25, 0.3) is 11.4 Å². The van der Waals surface area contributed by atoms with E-state index in [4.69, 9.17) is 9.26 Å². The van der Waals surface area contributed by atoms with Crippen molar-refractivity contribution in [1.29, 1.82) is 0 Å². The van der Waals surface area contributed by atoms with E-state index in [1.807, 2.05) is 18.2 Å². The number of aromatic nitrogens is 3. The molecule has 0 amide bonds. The minimum Gasteiger partial charge on any atom is -0.497 e. The van der Waals surface area contributed by atoms with Gasteiger partial charge in [0.1, 0.15) is 11.3 Å². The summed E-state index contributed by atoms with van der Waals surface area (Å²) in [5.41, 5.74) is 0.828. The van der Waals surface area contributed by atoms with E-state index in [-0.39, 0.29) is 11.4 Å². The topological polar surface area (TPSA) is 81.0 Å². The van der Waals surface area contributed by atoms with Gasteiger partial charge in [0.15, 0.2) is 0 Å². The number of nitrogens with zero attached hydrogens (tertiary/aromatic N) is 2.